The van der Waals surface area contributed by atoms with E-state index in [2.05, 4.69) is 35.3 Å². The Labute approximate surface area is 143 Å². The fourth-order valence-corrected chi connectivity index (χ4v) is 3.13. The number of hydrogen-bond donors (Lipinski definition) is 1. The van der Waals surface area contributed by atoms with Crippen molar-refractivity contribution in [2.75, 3.05) is 26.2 Å². The smallest absolute Gasteiger partial charge is 0.221 e. The van der Waals surface area contributed by atoms with E-state index in [1.54, 1.807) is 0 Å². The molecule has 1 amide bonds. The summed E-state index contributed by atoms with van der Waals surface area (Å²) in [6.07, 6.45) is 0.494. The molecule has 1 atom stereocenters. The fourth-order valence-electron chi connectivity index (χ4n) is 3.13. The summed E-state index contributed by atoms with van der Waals surface area (Å²) in [5, 5.41) is 2.97. The monoisotopic (exact) mass is 324 g/mol. The predicted molar refractivity (Wildman–Crippen MR) is 95.1 cm³/mol. The standard InChI is InChI=1S/C20H24N2O2/c1-16-7-5-6-10-19(16)24-14-13-22-12-11-21-20(23)15-18(22)17-8-3-2-4-9-17/h2-10,18H,11-15H2,1H3,(H,21,23). The first-order valence-electron chi connectivity index (χ1n) is 8.48. The molecule has 1 saturated heterocycles. The minimum atomic E-state index is 0.106. The normalized spacial score (nSPS) is 18.7. The van der Waals surface area contributed by atoms with Crippen molar-refractivity contribution in [3.05, 3.63) is 65.7 Å². The van der Waals surface area contributed by atoms with E-state index in [1.165, 1.54) is 5.56 Å². The molecule has 1 heterocycles. The van der Waals surface area contributed by atoms with Gasteiger partial charge in [-0.3, -0.25) is 9.69 Å². The van der Waals surface area contributed by atoms with Crippen LogP contribution in [0.15, 0.2) is 54.6 Å². The number of hydrogen-bond acceptors (Lipinski definition) is 3. The average molecular weight is 324 g/mol. The van der Waals surface area contributed by atoms with Gasteiger partial charge in [0.1, 0.15) is 12.4 Å². The molecule has 0 radical (unpaired) electrons. The summed E-state index contributed by atoms with van der Waals surface area (Å²) >= 11 is 0. The zero-order valence-corrected chi connectivity index (χ0v) is 14.1. The molecule has 0 aliphatic carbocycles. The highest BCUT2D eigenvalue weighted by Crippen LogP contribution is 2.25. The zero-order valence-electron chi connectivity index (χ0n) is 14.1. The van der Waals surface area contributed by atoms with E-state index in [1.807, 2.05) is 36.4 Å². The first kappa shape index (κ1) is 16.5. The Morgan fingerprint density at radius 3 is 2.67 bits per heavy atom. The van der Waals surface area contributed by atoms with Crippen molar-refractivity contribution < 1.29 is 9.53 Å². The number of aryl methyl sites for hydroxylation is 1. The lowest BCUT2D eigenvalue weighted by Crippen LogP contribution is -2.34. The molecule has 0 bridgehead atoms. The lowest BCUT2D eigenvalue weighted by Gasteiger charge is -2.29. The first-order chi connectivity index (χ1) is 11.7. The van der Waals surface area contributed by atoms with Gasteiger partial charge >= 0.3 is 0 Å². The quantitative estimate of drug-likeness (QED) is 0.919. The minimum absolute atomic E-state index is 0.106. The Bertz CT molecular complexity index is 672. The van der Waals surface area contributed by atoms with Gasteiger partial charge in [0.15, 0.2) is 0 Å². The molecule has 24 heavy (non-hydrogen) atoms. The van der Waals surface area contributed by atoms with Crippen molar-refractivity contribution in [1.29, 1.82) is 0 Å². The molecule has 1 fully saturated rings. The largest absolute Gasteiger partial charge is 0.492 e. The summed E-state index contributed by atoms with van der Waals surface area (Å²) in [4.78, 5) is 14.3. The Hall–Kier alpha value is -2.33. The van der Waals surface area contributed by atoms with E-state index in [0.29, 0.717) is 19.6 Å². The van der Waals surface area contributed by atoms with Gasteiger partial charge in [-0.25, -0.2) is 0 Å². The van der Waals surface area contributed by atoms with Crippen LogP contribution < -0.4 is 10.1 Å². The molecule has 2 aromatic rings. The van der Waals surface area contributed by atoms with Gasteiger partial charge in [0, 0.05) is 32.1 Å². The Morgan fingerprint density at radius 2 is 1.88 bits per heavy atom. The molecule has 126 valence electrons. The third kappa shape index (κ3) is 4.15. The average Bonchev–Trinajstić information content (AvgIpc) is 2.79. The number of rotatable bonds is 5. The highest BCUT2D eigenvalue weighted by atomic mass is 16.5. The van der Waals surface area contributed by atoms with Gasteiger partial charge in [-0.05, 0) is 24.1 Å². The zero-order chi connectivity index (χ0) is 16.8. The van der Waals surface area contributed by atoms with Crippen molar-refractivity contribution in [1.82, 2.24) is 10.2 Å². The predicted octanol–water partition coefficient (Wildman–Crippen LogP) is 2.94. The maximum atomic E-state index is 12.0. The highest BCUT2D eigenvalue weighted by Gasteiger charge is 2.25. The van der Waals surface area contributed by atoms with Crippen LogP contribution in [-0.2, 0) is 4.79 Å². The van der Waals surface area contributed by atoms with Gasteiger partial charge in [0.2, 0.25) is 5.91 Å². The number of nitrogens with one attached hydrogen (secondary N) is 1. The number of nitrogens with zero attached hydrogens (tertiary/aromatic N) is 1. The van der Waals surface area contributed by atoms with Crippen molar-refractivity contribution in [2.45, 2.75) is 19.4 Å². The number of carbonyl (C=O) groups excluding carboxylic acids is 1. The molecular formula is C20H24N2O2. The van der Waals surface area contributed by atoms with E-state index in [-0.39, 0.29) is 11.9 Å². The third-order valence-electron chi connectivity index (χ3n) is 4.45. The lowest BCUT2D eigenvalue weighted by atomic mass is 10.0. The molecule has 1 aliphatic rings. The molecule has 1 N–H and O–H groups in total. The summed E-state index contributed by atoms with van der Waals surface area (Å²) in [5.74, 6) is 1.05. The Balaban J connectivity index is 1.67. The van der Waals surface area contributed by atoms with E-state index >= 15 is 0 Å². The van der Waals surface area contributed by atoms with E-state index < -0.39 is 0 Å². The summed E-state index contributed by atoms with van der Waals surface area (Å²) in [5.41, 5.74) is 2.33. The van der Waals surface area contributed by atoms with Gasteiger partial charge < -0.3 is 10.1 Å². The van der Waals surface area contributed by atoms with Crippen LogP contribution in [0.1, 0.15) is 23.6 Å². The highest BCUT2D eigenvalue weighted by molar-refractivity contribution is 5.77. The van der Waals surface area contributed by atoms with E-state index in [0.717, 1.165) is 24.4 Å². The second-order valence-corrected chi connectivity index (χ2v) is 6.13. The summed E-state index contributed by atoms with van der Waals surface area (Å²) in [6.45, 7) is 4.98. The van der Waals surface area contributed by atoms with Crippen molar-refractivity contribution >= 4 is 5.91 Å². The minimum Gasteiger partial charge on any atom is -0.492 e. The van der Waals surface area contributed by atoms with Crippen LogP contribution in [0, 0.1) is 6.92 Å². The van der Waals surface area contributed by atoms with Crippen LogP contribution in [-0.4, -0.2) is 37.0 Å². The molecule has 0 aromatic heterocycles. The van der Waals surface area contributed by atoms with Crippen LogP contribution in [0.3, 0.4) is 0 Å². The van der Waals surface area contributed by atoms with Gasteiger partial charge in [-0.1, -0.05) is 48.5 Å². The third-order valence-corrected chi connectivity index (χ3v) is 4.45. The van der Waals surface area contributed by atoms with Crippen LogP contribution in [0.2, 0.25) is 0 Å². The molecule has 1 unspecified atom stereocenters. The van der Waals surface area contributed by atoms with Crippen LogP contribution >= 0.6 is 0 Å². The number of para-hydroxylation sites is 1. The van der Waals surface area contributed by atoms with Gasteiger partial charge in [-0.2, -0.15) is 0 Å². The molecular weight excluding hydrogens is 300 g/mol. The molecule has 0 saturated carbocycles. The second kappa shape index (κ2) is 7.97. The van der Waals surface area contributed by atoms with Gasteiger partial charge in [0.25, 0.3) is 0 Å². The molecule has 4 heteroatoms. The topological polar surface area (TPSA) is 41.6 Å². The van der Waals surface area contributed by atoms with Crippen molar-refractivity contribution in [3.63, 3.8) is 0 Å². The summed E-state index contributed by atoms with van der Waals surface area (Å²) in [7, 11) is 0. The molecule has 0 spiro atoms. The van der Waals surface area contributed by atoms with E-state index in [9.17, 15) is 4.79 Å². The van der Waals surface area contributed by atoms with Crippen LogP contribution in [0.4, 0.5) is 0 Å². The SMILES string of the molecule is Cc1ccccc1OCCN1CCNC(=O)CC1c1ccccc1. The maximum Gasteiger partial charge on any atom is 0.221 e. The van der Waals surface area contributed by atoms with Crippen molar-refractivity contribution in [3.8, 4) is 5.75 Å². The van der Waals surface area contributed by atoms with Gasteiger partial charge in [0.05, 0.1) is 0 Å². The number of ether oxygens (including phenoxy) is 1. The Kier molecular flexibility index (Phi) is 5.49. The Morgan fingerprint density at radius 1 is 1.12 bits per heavy atom. The summed E-state index contributed by atoms with van der Waals surface area (Å²) in [6, 6.07) is 18.4. The number of benzene rings is 2. The molecule has 3 rings (SSSR count). The number of amides is 1. The van der Waals surface area contributed by atoms with E-state index in [4.69, 9.17) is 4.74 Å². The van der Waals surface area contributed by atoms with Crippen molar-refractivity contribution in [2.24, 2.45) is 0 Å². The molecule has 4 nitrogen and oxygen atoms in total. The lowest BCUT2D eigenvalue weighted by molar-refractivity contribution is -0.121. The number of carbonyl (C=O) groups is 1. The van der Waals surface area contributed by atoms with Crippen LogP contribution in [0.25, 0.3) is 0 Å². The molecule has 1 aliphatic heterocycles. The molecule has 2 aromatic carbocycles. The summed E-state index contributed by atoms with van der Waals surface area (Å²) < 4.78 is 5.94. The second-order valence-electron chi connectivity index (χ2n) is 6.13. The fraction of sp³-hybridized carbons (Fsp3) is 0.350. The van der Waals surface area contributed by atoms with Gasteiger partial charge in [-0.15, -0.1) is 0 Å². The maximum absolute atomic E-state index is 12.0. The van der Waals surface area contributed by atoms with Crippen LogP contribution in [0.5, 0.6) is 5.75 Å². The first-order valence-corrected chi connectivity index (χ1v) is 8.48.